The molecule has 2 bridgehead atoms. The highest BCUT2D eigenvalue weighted by atomic mass is 32.1. The van der Waals surface area contributed by atoms with Crippen molar-refractivity contribution < 1.29 is 4.79 Å². The van der Waals surface area contributed by atoms with Crippen LogP contribution in [0.2, 0.25) is 0 Å². The molecule has 0 radical (unpaired) electrons. The van der Waals surface area contributed by atoms with Gasteiger partial charge in [0.2, 0.25) is 0 Å². The molecule has 0 aliphatic carbocycles. The molecule has 3 fully saturated rings. The van der Waals surface area contributed by atoms with Crippen molar-refractivity contribution in [3.8, 4) is 0 Å². The predicted molar refractivity (Wildman–Crippen MR) is 84.8 cm³/mol. The van der Waals surface area contributed by atoms with Crippen LogP contribution in [0, 0.1) is 12.8 Å². The van der Waals surface area contributed by atoms with Crippen LogP contribution in [0.25, 0.3) is 10.1 Å². The van der Waals surface area contributed by atoms with Gasteiger partial charge in [-0.3, -0.25) is 4.79 Å². The molecule has 1 amide bonds. The van der Waals surface area contributed by atoms with E-state index in [9.17, 15) is 4.79 Å². The fourth-order valence-electron chi connectivity index (χ4n) is 3.58. The van der Waals surface area contributed by atoms with Crippen molar-refractivity contribution in [2.24, 2.45) is 5.92 Å². The van der Waals surface area contributed by atoms with Gasteiger partial charge >= 0.3 is 0 Å². The fraction of sp³-hybridized carbons (Fsp3) is 0.500. The lowest BCUT2D eigenvalue weighted by molar-refractivity contribution is 0.0619. The standard InChI is InChI=1S/C16H19N3OS/c1-10-2-3-14-12(8-10)15(18-21-14)16(20)17-13-9-19-6-4-11(13)5-7-19/h2-3,8,11,13H,4-7,9H2,1H3,(H,17,20). The summed E-state index contributed by atoms with van der Waals surface area (Å²) in [5.74, 6) is 0.635. The molecule has 1 aromatic heterocycles. The Hall–Kier alpha value is -1.46. The monoisotopic (exact) mass is 301 g/mol. The smallest absolute Gasteiger partial charge is 0.271 e. The van der Waals surface area contributed by atoms with Crippen LogP contribution in [-0.2, 0) is 0 Å². The Morgan fingerprint density at radius 2 is 2.19 bits per heavy atom. The van der Waals surface area contributed by atoms with E-state index in [0.29, 0.717) is 17.7 Å². The number of piperidine rings is 3. The maximum atomic E-state index is 12.6. The topological polar surface area (TPSA) is 45.2 Å². The summed E-state index contributed by atoms with van der Waals surface area (Å²) in [5.41, 5.74) is 1.76. The van der Waals surface area contributed by atoms with Gasteiger partial charge in [-0.05, 0) is 62.4 Å². The van der Waals surface area contributed by atoms with Crippen molar-refractivity contribution in [1.29, 1.82) is 0 Å². The summed E-state index contributed by atoms with van der Waals surface area (Å²) in [5, 5.41) is 4.21. The van der Waals surface area contributed by atoms with E-state index >= 15 is 0 Å². The molecule has 2 aromatic rings. The maximum Gasteiger partial charge on any atom is 0.271 e. The first kappa shape index (κ1) is 13.2. The highest BCUT2D eigenvalue weighted by molar-refractivity contribution is 7.13. The Kier molecular flexibility index (Phi) is 3.19. The lowest BCUT2D eigenvalue weighted by atomic mass is 9.84. The van der Waals surface area contributed by atoms with Gasteiger partial charge in [0.05, 0.1) is 4.70 Å². The summed E-state index contributed by atoms with van der Waals surface area (Å²) in [7, 11) is 0. The number of nitrogens with zero attached hydrogens (tertiary/aromatic N) is 2. The van der Waals surface area contributed by atoms with Crippen LogP contribution in [0.15, 0.2) is 18.2 Å². The van der Waals surface area contributed by atoms with Crippen LogP contribution >= 0.6 is 11.5 Å². The van der Waals surface area contributed by atoms with Crippen LogP contribution in [0.1, 0.15) is 28.9 Å². The summed E-state index contributed by atoms with van der Waals surface area (Å²) < 4.78 is 5.46. The first-order chi connectivity index (χ1) is 10.2. The molecular formula is C16H19N3OS. The van der Waals surface area contributed by atoms with E-state index in [1.165, 1.54) is 43.0 Å². The molecule has 21 heavy (non-hydrogen) atoms. The van der Waals surface area contributed by atoms with Crippen LogP contribution in [-0.4, -0.2) is 40.9 Å². The number of rotatable bonds is 2. The number of hydrogen-bond acceptors (Lipinski definition) is 4. The predicted octanol–water partition coefficient (Wildman–Crippen LogP) is 2.43. The molecule has 1 unspecified atom stereocenters. The minimum absolute atomic E-state index is 0.00870. The minimum atomic E-state index is -0.00870. The highest BCUT2D eigenvalue weighted by Crippen LogP contribution is 2.28. The number of benzene rings is 1. The first-order valence-electron chi connectivity index (χ1n) is 7.60. The molecule has 110 valence electrons. The van der Waals surface area contributed by atoms with Crippen molar-refractivity contribution in [3.63, 3.8) is 0 Å². The normalized spacial score (nSPS) is 28.0. The van der Waals surface area contributed by atoms with Crippen molar-refractivity contribution in [2.45, 2.75) is 25.8 Å². The van der Waals surface area contributed by atoms with E-state index < -0.39 is 0 Å². The van der Waals surface area contributed by atoms with Crippen molar-refractivity contribution >= 4 is 27.5 Å². The van der Waals surface area contributed by atoms with Crippen molar-refractivity contribution in [2.75, 3.05) is 19.6 Å². The SMILES string of the molecule is Cc1ccc2snc(C(=O)NC3CN4CCC3CC4)c2c1. The van der Waals surface area contributed by atoms with E-state index in [-0.39, 0.29) is 5.91 Å². The van der Waals surface area contributed by atoms with E-state index in [2.05, 4.69) is 26.7 Å². The number of nitrogens with one attached hydrogen (secondary N) is 1. The van der Waals surface area contributed by atoms with E-state index in [4.69, 9.17) is 0 Å². The van der Waals surface area contributed by atoms with Gasteiger partial charge in [0, 0.05) is 18.0 Å². The van der Waals surface area contributed by atoms with E-state index in [0.717, 1.165) is 16.6 Å². The fourth-order valence-corrected chi connectivity index (χ4v) is 4.34. The second-order valence-electron chi connectivity index (χ2n) is 6.25. The van der Waals surface area contributed by atoms with Gasteiger partial charge in [0.25, 0.3) is 5.91 Å². The Morgan fingerprint density at radius 3 is 2.90 bits per heavy atom. The summed E-state index contributed by atoms with van der Waals surface area (Å²) in [6, 6.07) is 6.47. The van der Waals surface area contributed by atoms with Crippen LogP contribution in [0.4, 0.5) is 0 Å². The number of carbonyl (C=O) groups excluding carboxylic acids is 1. The first-order valence-corrected chi connectivity index (χ1v) is 8.37. The number of fused-ring (bicyclic) bond motifs is 4. The molecule has 5 heteroatoms. The summed E-state index contributed by atoms with van der Waals surface area (Å²) in [4.78, 5) is 15.0. The summed E-state index contributed by atoms with van der Waals surface area (Å²) in [6.45, 7) is 5.43. The van der Waals surface area contributed by atoms with Gasteiger partial charge in [0.15, 0.2) is 0 Å². The van der Waals surface area contributed by atoms with Gasteiger partial charge in [-0.1, -0.05) is 11.6 Å². The zero-order valence-electron chi connectivity index (χ0n) is 12.1. The Morgan fingerprint density at radius 1 is 1.38 bits per heavy atom. The molecule has 5 rings (SSSR count). The Labute approximate surface area is 128 Å². The molecular weight excluding hydrogens is 282 g/mol. The molecule has 0 saturated carbocycles. The number of aromatic nitrogens is 1. The lowest BCUT2D eigenvalue weighted by Crippen LogP contribution is -2.57. The molecule has 0 spiro atoms. The average molecular weight is 301 g/mol. The third-order valence-electron chi connectivity index (χ3n) is 4.81. The number of aryl methyl sites for hydroxylation is 1. The molecule has 1 atom stereocenters. The molecule has 4 heterocycles. The molecule has 1 N–H and O–H groups in total. The zero-order chi connectivity index (χ0) is 14.4. The molecule has 1 aromatic carbocycles. The van der Waals surface area contributed by atoms with Crippen molar-refractivity contribution in [1.82, 2.24) is 14.6 Å². The second-order valence-corrected chi connectivity index (χ2v) is 7.05. The van der Waals surface area contributed by atoms with Gasteiger partial charge in [-0.25, -0.2) is 0 Å². The van der Waals surface area contributed by atoms with Crippen LogP contribution in [0.3, 0.4) is 0 Å². The Balaban J connectivity index is 1.57. The second kappa shape index (κ2) is 5.07. The van der Waals surface area contributed by atoms with Crippen molar-refractivity contribution in [3.05, 3.63) is 29.5 Å². The van der Waals surface area contributed by atoms with Gasteiger partial charge in [0.1, 0.15) is 5.69 Å². The average Bonchev–Trinajstić information content (AvgIpc) is 2.91. The maximum absolute atomic E-state index is 12.6. The minimum Gasteiger partial charge on any atom is -0.346 e. The summed E-state index contributed by atoms with van der Waals surface area (Å²) in [6.07, 6.45) is 2.42. The molecule has 4 nitrogen and oxygen atoms in total. The van der Waals surface area contributed by atoms with E-state index in [1.807, 2.05) is 13.0 Å². The largest absolute Gasteiger partial charge is 0.346 e. The lowest BCUT2D eigenvalue weighted by Gasteiger charge is -2.44. The van der Waals surface area contributed by atoms with E-state index in [1.54, 1.807) is 0 Å². The van der Waals surface area contributed by atoms with Gasteiger partial charge in [-0.2, -0.15) is 4.37 Å². The quantitative estimate of drug-likeness (QED) is 0.926. The van der Waals surface area contributed by atoms with Crippen LogP contribution in [0.5, 0.6) is 0 Å². The zero-order valence-corrected chi connectivity index (χ0v) is 12.9. The highest BCUT2D eigenvalue weighted by Gasteiger charge is 2.35. The van der Waals surface area contributed by atoms with Gasteiger partial charge in [-0.15, -0.1) is 0 Å². The molecule has 3 saturated heterocycles. The third-order valence-corrected chi connectivity index (χ3v) is 5.64. The van der Waals surface area contributed by atoms with Gasteiger partial charge < -0.3 is 10.2 Å². The number of hydrogen-bond donors (Lipinski definition) is 1. The number of amides is 1. The molecule has 3 aliphatic heterocycles. The Bertz CT molecular complexity index is 688. The molecule has 3 aliphatic rings. The number of carbonyl (C=O) groups is 1. The summed E-state index contributed by atoms with van der Waals surface area (Å²) >= 11 is 1.41. The van der Waals surface area contributed by atoms with Crippen LogP contribution < -0.4 is 5.32 Å². The third kappa shape index (κ3) is 2.34.